The first-order valence-electron chi connectivity index (χ1n) is 8.56. The average molecular weight is 383 g/mol. The van der Waals surface area contributed by atoms with Crippen LogP contribution in [0.15, 0.2) is 53.2 Å². The number of rotatable bonds is 5. The summed E-state index contributed by atoms with van der Waals surface area (Å²) in [4.78, 5) is 28.0. The first-order chi connectivity index (χ1) is 13.4. The van der Waals surface area contributed by atoms with Gasteiger partial charge < -0.3 is 14.2 Å². The molecule has 0 spiro atoms. The van der Waals surface area contributed by atoms with E-state index in [0.717, 1.165) is 0 Å². The van der Waals surface area contributed by atoms with E-state index in [4.69, 9.17) is 14.2 Å². The van der Waals surface area contributed by atoms with Gasteiger partial charge in [-0.15, -0.1) is 0 Å². The normalized spacial score (nSPS) is 14.8. The fraction of sp³-hybridized carbons (Fsp3) is 0.190. The molecule has 2 aromatic carbocycles. The van der Waals surface area contributed by atoms with Crippen molar-refractivity contribution < 1.29 is 28.2 Å². The second kappa shape index (κ2) is 8.04. The molecular weight excluding hydrogens is 365 g/mol. The van der Waals surface area contributed by atoms with Gasteiger partial charge in [-0.25, -0.2) is 14.2 Å². The Morgan fingerprint density at radius 3 is 2.61 bits per heavy atom. The summed E-state index contributed by atoms with van der Waals surface area (Å²) in [5.74, 6) is -1.39. The molecule has 0 N–H and O–H groups in total. The van der Waals surface area contributed by atoms with E-state index in [-0.39, 0.29) is 34.8 Å². The van der Waals surface area contributed by atoms with Crippen LogP contribution in [-0.4, -0.2) is 24.9 Å². The Morgan fingerprint density at radius 2 is 1.93 bits per heavy atom. The van der Waals surface area contributed by atoms with E-state index in [0.29, 0.717) is 11.3 Å². The van der Waals surface area contributed by atoms with Gasteiger partial charge in [0.2, 0.25) is 5.90 Å². The molecule has 0 radical (unpaired) electrons. The number of carbonyl (C=O) groups is 2. The van der Waals surface area contributed by atoms with Crippen LogP contribution in [0.3, 0.4) is 0 Å². The fourth-order valence-electron chi connectivity index (χ4n) is 2.40. The van der Waals surface area contributed by atoms with Gasteiger partial charge in [0.25, 0.3) is 0 Å². The van der Waals surface area contributed by atoms with Crippen LogP contribution in [0, 0.1) is 11.7 Å². The molecule has 2 aromatic rings. The lowest BCUT2D eigenvalue weighted by atomic mass is 10.1. The van der Waals surface area contributed by atoms with Crippen LogP contribution in [0.1, 0.15) is 25.0 Å². The van der Waals surface area contributed by atoms with Gasteiger partial charge in [-0.2, -0.15) is 0 Å². The summed E-state index contributed by atoms with van der Waals surface area (Å²) < 4.78 is 29.5. The average Bonchev–Trinajstić information content (AvgIpc) is 3.03. The summed E-state index contributed by atoms with van der Waals surface area (Å²) in [5, 5.41) is 0. The Kier molecular flexibility index (Phi) is 5.54. The molecule has 0 aromatic heterocycles. The van der Waals surface area contributed by atoms with Crippen LogP contribution in [-0.2, 0) is 14.3 Å². The molecule has 1 aliphatic rings. The van der Waals surface area contributed by atoms with Crippen molar-refractivity contribution >= 4 is 23.9 Å². The molecule has 3 rings (SSSR count). The number of hydrogen-bond acceptors (Lipinski definition) is 6. The molecule has 0 fully saturated rings. The summed E-state index contributed by atoms with van der Waals surface area (Å²) in [6.07, 6.45) is 1.48. The molecule has 0 atom stereocenters. The Balaban J connectivity index is 1.89. The van der Waals surface area contributed by atoms with Gasteiger partial charge >= 0.3 is 11.9 Å². The summed E-state index contributed by atoms with van der Waals surface area (Å²) in [6.45, 7) is 3.45. The second-order valence-electron chi connectivity index (χ2n) is 6.30. The van der Waals surface area contributed by atoms with Gasteiger partial charge in [-0.1, -0.05) is 32.0 Å². The molecular formula is C21H18FNO5. The zero-order valence-corrected chi connectivity index (χ0v) is 15.6. The monoisotopic (exact) mass is 383 g/mol. The second-order valence-corrected chi connectivity index (χ2v) is 6.30. The number of ether oxygens (including phenoxy) is 3. The van der Waals surface area contributed by atoms with Gasteiger partial charge in [-0.3, -0.25) is 4.79 Å². The van der Waals surface area contributed by atoms with E-state index in [2.05, 4.69) is 4.99 Å². The predicted molar refractivity (Wildman–Crippen MR) is 100 cm³/mol. The van der Waals surface area contributed by atoms with Gasteiger partial charge in [0.15, 0.2) is 17.2 Å². The zero-order chi connectivity index (χ0) is 20.3. The molecule has 6 nitrogen and oxygen atoms in total. The number of benzene rings is 2. The van der Waals surface area contributed by atoms with E-state index in [9.17, 15) is 14.0 Å². The first-order valence-corrected chi connectivity index (χ1v) is 8.56. The minimum atomic E-state index is -0.687. The molecule has 28 heavy (non-hydrogen) atoms. The third-order valence-electron chi connectivity index (χ3n) is 3.90. The number of halogens is 1. The lowest BCUT2D eigenvalue weighted by Crippen LogP contribution is -2.15. The number of cyclic esters (lactones) is 1. The molecule has 0 saturated carbocycles. The van der Waals surface area contributed by atoms with E-state index in [1.807, 2.05) is 0 Å². The molecule has 0 unspecified atom stereocenters. The van der Waals surface area contributed by atoms with Crippen molar-refractivity contribution in [3.05, 3.63) is 65.1 Å². The maximum absolute atomic E-state index is 13.9. The fourth-order valence-corrected chi connectivity index (χ4v) is 2.40. The number of esters is 2. The van der Waals surface area contributed by atoms with E-state index in [1.165, 1.54) is 31.4 Å². The van der Waals surface area contributed by atoms with Crippen molar-refractivity contribution in [1.82, 2.24) is 0 Å². The van der Waals surface area contributed by atoms with E-state index in [1.54, 1.807) is 38.1 Å². The molecule has 1 heterocycles. The molecule has 0 aliphatic carbocycles. The molecule has 0 bridgehead atoms. The minimum absolute atomic E-state index is 0.0206. The third kappa shape index (κ3) is 4.09. The van der Waals surface area contributed by atoms with Crippen LogP contribution in [0.4, 0.5) is 4.39 Å². The van der Waals surface area contributed by atoms with Crippen LogP contribution in [0.25, 0.3) is 6.08 Å². The molecule has 7 heteroatoms. The molecule has 1 aliphatic heterocycles. The summed E-state index contributed by atoms with van der Waals surface area (Å²) in [5.41, 5.74) is 0.701. The topological polar surface area (TPSA) is 74.2 Å². The number of aliphatic imine (C=N–C) groups is 1. The number of carbonyl (C=O) groups excluding carboxylic acids is 2. The van der Waals surface area contributed by atoms with Crippen LogP contribution in [0.2, 0.25) is 0 Å². The predicted octanol–water partition coefficient (Wildman–Crippen LogP) is 3.74. The Morgan fingerprint density at radius 1 is 1.18 bits per heavy atom. The van der Waals surface area contributed by atoms with Crippen molar-refractivity contribution in [1.29, 1.82) is 0 Å². The van der Waals surface area contributed by atoms with Crippen molar-refractivity contribution in [2.24, 2.45) is 10.9 Å². The SMILES string of the molecule is COc1cc(/C=C2\N=C(c3ccccc3F)OC2=O)ccc1OC(=O)C(C)C. The maximum atomic E-state index is 13.9. The quantitative estimate of drug-likeness (QED) is 0.447. The lowest BCUT2D eigenvalue weighted by Gasteiger charge is -2.11. The van der Waals surface area contributed by atoms with Gasteiger partial charge in [-0.05, 0) is 35.9 Å². The van der Waals surface area contributed by atoms with Crippen molar-refractivity contribution in [2.45, 2.75) is 13.8 Å². The van der Waals surface area contributed by atoms with Crippen LogP contribution >= 0.6 is 0 Å². The molecule has 0 amide bonds. The number of methoxy groups -OCH3 is 1. The Labute approximate surface area is 161 Å². The third-order valence-corrected chi connectivity index (χ3v) is 3.90. The Hall–Kier alpha value is -3.48. The van der Waals surface area contributed by atoms with Crippen LogP contribution < -0.4 is 9.47 Å². The zero-order valence-electron chi connectivity index (χ0n) is 15.6. The van der Waals surface area contributed by atoms with E-state index < -0.39 is 11.8 Å². The maximum Gasteiger partial charge on any atom is 0.363 e. The molecule has 0 saturated heterocycles. The van der Waals surface area contributed by atoms with Gasteiger partial charge in [0.05, 0.1) is 18.6 Å². The smallest absolute Gasteiger partial charge is 0.363 e. The van der Waals surface area contributed by atoms with Crippen molar-refractivity contribution in [2.75, 3.05) is 7.11 Å². The van der Waals surface area contributed by atoms with E-state index >= 15 is 0 Å². The van der Waals surface area contributed by atoms with Crippen molar-refractivity contribution in [3.8, 4) is 11.5 Å². The molecule has 144 valence electrons. The largest absolute Gasteiger partial charge is 0.493 e. The highest BCUT2D eigenvalue weighted by molar-refractivity contribution is 6.12. The summed E-state index contributed by atoms with van der Waals surface area (Å²) in [6, 6.07) is 10.7. The highest BCUT2D eigenvalue weighted by atomic mass is 19.1. The number of nitrogens with zero attached hydrogens (tertiary/aromatic N) is 1. The minimum Gasteiger partial charge on any atom is -0.493 e. The van der Waals surface area contributed by atoms with Gasteiger partial charge in [0.1, 0.15) is 5.82 Å². The van der Waals surface area contributed by atoms with Gasteiger partial charge in [0, 0.05) is 0 Å². The standard InChI is InChI=1S/C21H18FNO5/c1-12(2)20(24)27-17-9-8-13(11-18(17)26-3)10-16-21(25)28-19(23-16)14-6-4-5-7-15(14)22/h4-12H,1-3H3/b16-10-. The van der Waals surface area contributed by atoms with Crippen molar-refractivity contribution in [3.63, 3.8) is 0 Å². The highest BCUT2D eigenvalue weighted by Crippen LogP contribution is 2.30. The highest BCUT2D eigenvalue weighted by Gasteiger charge is 2.26. The first kappa shape index (κ1) is 19.3. The Bertz CT molecular complexity index is 994. The van der Waals surface area contributed by atoms with Crippen LogP contribution in [0.5, 0.6) is 11.5 Å². The lowest BCUT2D eigenvalue weighted by molar-refractivity contribution is -0.137. The summed E-state index contributed by atoms with van der Waals surface area (Å²) >= 11 is 0. The number of hydrogen-bond donors (Lipinski definition) is 0. The summed E-state index contributed by atoms with van der Waals surface area (Å²) in [7, 11) is 1.44.